The number of nitrogens with zero attached hydrogens (tertiary/aromatic N) is 2. The van der Waals surface area contributed by atoms with Gasteiger partial charge in [-0.3, -0.25) is 9.69 Å². The van der Waals surface area contributed by atoms with E-state index in [-0.39, 0.29) is 11.5 Å². The van der Waals surface area contributed by atoms with Gasteiger partial charge in [-0.2, -0.15) is 0 Å². The van der Waals surface area contributed by atoms with Crippen LogP contribution in [0, 0.1) is 12.7 Å². The van der Waals surface area contributed by atoms with Gasteiger partial charge in [0, 0.05) is 32.7 Å². The minimum Gasteiger partial charge on any atom is -0.496 e. The number of carbonyl (C=O) groups excluding carboxylic acids is 1. The van der Waals surface area contributed by atoms with Crippen LogP contribution in [0.2, 0.25) is 0 Å². The highest BCUT2D eigenvalue weighted by molar-refractivity contribution is 5.97. The van der Waals surface area contributed by atoms with Crippen LogP contribution in [-0.2, 0) is 6.54 Å². The first kappa shape index (κ1) is 17.4. The second-order valence-electron chi connectivity index (χ2n) is 6.34. The van der Waals surface area contributed by atoms with E-state index in [9.17, 15) is 9.18 Å². The summed E-state index contributed by atoms with van der Waals surface area (Å²) in [6.45, 7) is 5.87. The van der Waals surface area contributed by atoms with Crippen LogP contribution in [0.5, 0.6) is 5.75 Å². The number of carbonyl (C=O) groups is 1. The summed E-state index contributed by atoms with van der Waals surface area (Å²) >= 11 is 0. The van der Waals surface area contributed by atoms with Crippen molar-refractivity contribution in [3.05, 3.63) is 65.0 Å². The molecule has 5 heteroatoms. The van der Waals surface area contributed by atoms with Crippen LogP contribution in [0.1, 0.15) is 21.5 Å². The number of hydrogen-bond acceptors (Lipinski definition) is 3. The Labute approximate surface area is 147 Å². The summed E-state index contributed by atoms with van der Waals surface area (Å²) in [4.78, 5) is 16.8. The Kier molecular flexibility index (Phi) is 5.34. The van der Waals surface area contributed by atoms with Crippen molar-refractivity contribution in [3.63, 3.8) is 0 Å². The van der Waals surface area contributed by atoms with Crippen molar-refractivity contribution < 1.29 is 13.9 Å². The molecule has 0 radical (unpaired) electrons. The molecule has 0 saturated carbocycles. The van der Waals surface area contributed by atoms with Gasteiger partial charge in [-0.1, -0.05) is 24.3 Å². The fourth-order valence-electron chi connectivity index (χ4n) is 3.16. The van der Waals surface area contributed by atoms with Gasteiger partial charge in [-0.05, 0) is 36.2 Å². The Bertz CT molecular complexity index is 755. The number of ether oxygens (including phenoxy) is 1. The van der Waals surface area contributed by atoms with E-state index in [1.54, 1.807) is 4.90 Å². The van der Waals surface area contributed by atoms with Crippen LogP contribution in [0.4, 0.5) is 4.39 Å². The number of hydrogen-bond donors (Lipinski definition) is 0. The molecule has 0 spiro atoms. The fraction of sp³-hybridized carbons (Fsp3) is 0.350. The second kappa shape index (κ2) is 7.66. The molecule has 0 aliphatic carbocycles. The quantitative estimate of drug-likeness (QED) is 0.856. The average molecular weight is 342 g/mol. The lowest BCUT2D eigenvalue weighted by Crippen LogP contribution is -2.48. The SMILES string of the molecule is COc1ccc(F)cc1C(=O)N1CCN(Cc2ccccc2C)CC1. The molecule has 1 heterocycles. The Hall–Kier alpha value is -2.40. The number of aryl methyl sites for hydroxylation is 1. The van der Waals surface area contributed by atoms with E-state index in [0.717, 1.165) is 19.6 Å². The van der Waals surface area contributed by atoms with E-state index in [0.29, 0.717) is 18.8 Å². The summed E-state index contributed by atoms with van der Waals surface area (Å²) in [6.07, 6.45) is 0. The molecule has 0 aromatic heterocycles. The van der Waals surface area contributed by atoms with E-state index in [2.05, 4.69) is 30.0 Å². The molecule has 2 aromatic carbocycles. The molecule has 2 aromatic rings. The minimum absolute atomic E-state index is 0.174. The van der Waals surface area contributed by atoms with Gasteiger partial charge in [-0.15, -0.1) is 0 Å². The molecule has 0 bridgehead atoms. The van der Waals surface area contributed by atoms with Crippen LogP contribution in [0.15, 0.2) is 42.5 Å². The van der Waals surface area contributed by atoms with Crippen molar-refractivity contribution in [2.45, 2.75) is 13.5 Å². The van der Waals surface area contributed by atoms with Gasteiger partial charge in [0.05, 0.1) is 12.7 Å². The maximum Gasteiger partial charge on any atom is 0.257 e. The molecule has 0 N–H and O–H groups in total. The molecule has 3 rings (SSSR count). The van der Waals surface area contributed by atoms with Crippen LogP contribution in [-0.4, -0.2) is 49.0 Å². The standard InChI is InChI=1S/C20H23FN2O2/c1-15-5-3-4-6-16(15)14-22-9-11-23(12-10-22)20(24)18-13-17(21)7-8-19(18)25-2/h3-8,13H,9-12,14H2,1-2H3. The zero-order valence-corrected chi connectivity index (χ0v) is 14.7. The Morgan fingerprint density at radius 3 is 2.52 bits per heavy atom. The van der Waals surface area contributed by atoms with Crippen LogP contribution < -0.4 is 4.74 Å². The number of methoxy groups -OCH3 is 1. The molecule has 25 heavy (non-hydrogen) atoms. The monoisotopic (exact) mass is 342 g/mol. The lowest BCUT2D eigenvalue weighted by Gasteiger charge is -2.35. The Morgan fingerprint density at radius 1 is 1.12 bits per heavy atom. The molecule has 1 fully saturated rings. The zero-order valence-electron chi connectivity index (χ0n) is 14.7. The fourth-order valence-corrected chi connectivity index (χ4v) is 3.16. The van der Waals surface area contributed by atoms with E-state index in [4.69, 9.17) is 4.74 Å². The largest absolute Gasteiger partial charge is 0.496 e. The third kappa shape index (κ3) is 3.99. The highest BCUT2D eigenvalue weighted by Crippen LogP contribution is 2.22. The summed E-state index contributed by atoms with van der Waals surface area (Å²) < 4.78 is 18.7. The smallest absolute Gasteiger partial charge is 0.257 e. The van der Waals surface area contributed by atoms with Crippen LogP contribution in [0.3, 0.4) is 0 Å². The maximum atomic E-state index is 13.5. The predicted molar refractivity (Wildman–Crippen MR) is 95.3 cm³/mol. The van der Waals surface area contributed by atoms with E-state index in [1.807, 2.05) is 6.07 Å². The average Bonchev–Trinajstić information content (AvgIpc) is 2.63. The van der Waals surface area contributed by atoms with Gasteiger partial charge in [0.15, 0.2) is 0 Å². The molecule has 132 valence electrons. The van der Waals surface area contributed by atoms with E-state index < -0.39 is 5.82 Å². The number of piperazine rings is 1. The van der Waals surface area contributed by atoms with Crippen molar-refractivity contribution in [1.29, 1.82) is 0 Å². The van der Waals surface area contributed by atoms with Crippen molar-refractivity contribution in [3.8, 4) is 5.75 Å². The molecular formula is C20H23FN2O2. The predicted octanol–water partition coefficient (Wildman–Crippen LogP) is 3.10. The number of benzene rings is 2. The van der Waals surface area contributed by atoms with Crippen molar-refractivity contribution in [1.82, 2.24) is 9.80 Å². The highest BCUT2D eigenvalue weighted by Gasteiger charge is 2.24. The summed E-state index contributed by atoms with van der Waals surface area (Å²) in [5, 5.41) is 0. The highest BCUT2D eigenvalue weighted by atomic mass is 19.1. The maximum absolute atomic E-state index is 13.5. The van der Waals surface area contributed by atoms with Gasteiger partial charge >= 0.3 is 0 Å². The number of halogens is 1. The zero-order chi connectivity index (χ0) is 17.8. The molecule has 4 nitrogen and oxygen atoms in total. The Balaban J connectivity index is 1.63. The number of amides is 1. The van der Waals surface area contributed by atoms with E-state index >= 15 is 0 Å². The van der Waals surface area contributed by atoms with Gasteiger partial charge < -0.3 is 9.64 Å². The van der Waals surface area contributed by atoms with Gasteiger partial charge in [0.25, 0.3) is 5.91 Å². The second-order valence-corrected chi connectivity index (χ2v) is 6.34. The number of rotatable bonds is 4. The van der Waals surface area contributed by atoms with Crippen molar-refractivity contribution >= 4 is 5.91 Å². The first-order valence-corrected chi connectivity index (χ1v) is 8.48. The molecular weight excluding hydrogens is 319 g/mol. The molecule has 1 aliphatic heterocycles. The topological polar surface area (TPSA) is 32.8 Å². The lowest BCUT2D eigenvalue weighted by molar-refractivity contribution is 0.0624. The van der Waals surface area contributed by atoms with E-state index in [1.165, 1.54) is 36.4 Å². The Morgan fingerprint density at radius 2 is 1.84 bits per heavy atom. The lowest BCUT2D eigenvalue weighted by atomic mass is 10.1. The molecule has 1 saturated heterocycles. The molecule has 0 atom stereocenters. The van der Waals surface area contributed by atoms with Crippen LogP contribution in [0.25, 0.3) is 0 Å². The van der Waals surface area contributed by atoms with Gasteiger partial charge in [0.2, 0.25) is 0 Å². The van der Waals surface area contributed by atoms with Crippen LogP contribution >= 0.6 is 0 Å². The van der Waals surface area contributed by atoms with Crippen molar-refractivity contribution in [2.24, 2.45) is 0 Å². The summed E-state index contributed by atoms with van der Waals surface area (Å²) in [5.74, 6) is -0.192. The summed E-state index contributed by atoms with van der Waals surface area (Å²) in [5.41, 5.74) is 2.88. The van der Waals surface area contributed by atoms with Gasteiger partial charge in [-0.25, -0.2) is 4.39 Å². The summed E-state index contributed by atoms with van der Waals surface area (Å²) in [7, 11) is 1.49. The minimum atomic E-state index is -0.428. The third-order valence-electron chi connectivity index (χ3n) is 4.71. The molecule has 1 amide bonds. The molecule has 1 aliphatic rings. The third-order valence-corrected chi connectivity index (χ3v) is 4.71. The van der Waals surface area contributed by atoms with Crippen molar-refractivity contribution in [2.75, 3.05) is 33.3 Å². The molecule has 0 unspecified atom stereocenters. The summed E-state index contributed by atoms with van der Waals surface area (Å²) in [6, 6.07) is 12.4. The van der Waals surface area contributed by atoms with Gasteiger partial charge in [0.1, 0.15) is 11.6 Å². The normalized spacial score (nSPS) is 15.2. The first-order valence-electron chi connectivity index (χ1n) is 8.48. The first-order chi connectivity index (χ1) is 12.1.